The molecule has 0 aliphatic heterocycles. The van der Waals surface area contributed by atoms with E-state index in [1.54, 1.807) is 0 Å². The number of hydrogen-bond donors (Lipinski definition) is 3. The van der Waals surface area contributed by atoms with Gasteiger partial charge in [0, 0.05) is 30.5 Å². The molecule has 33 heavy (non-hydrogen) atoms. The third kappa shape index (κ3) is 6.87. The van der Waals surface area contributed by atoms with Crippen molar-refractivity contribution in [3.63, 3.8) is 0 Å². The number of carbonyl (C=O) groups excluding carboxylic acids is 2. The number of benzene rings is 1. The van der Waals surface area contributed by atoms with E-state index < -0.39 is 28.0 Å². The van der Waals surface area contributed by atoms with Gasteiger partial charge in [0.05, 0.1) is 0 Å². The molecule has 0 saturated carbocycles. The molecular weight excluding hydrogens is 427 g/mol. The van der Waals surface area contributed by atoms with Gasteiger partial charge in [-0.1, -0.05) is 53.7 Å². The molecule has 180 valence electrons. The van der Waals surface area contributed by atoms with Gasteiger partial charge in [-0.15, -0.1) is 0 Å². The van der Waals surface area contributed by atoms with Gasteiger partial charge in [0.1, 0.15) is 11.6 Å². The summed E-state index contributed by atoms with van der Waals surface area (Å²) in [6.07, 6.45) is 0.446. The fourth-order valence-electron chi connectivity index (χ4n) is 3.06. The van der Waals surface area contributed by atoms with Crippen LogP contribution in [-0.2, 0) is 23.3 Å². The molecule has 8 nitrogen and oxygen atoms in total. The van der Waals surface area contributed by atoms with E-state index in [-0.39, 0.29) is 30.5 Å². The van der Waals surface area contributed by atoms with Crippen molar-refractivity contribution in [1.29, 1.82) is 0 Å². The van der Waals surface area contributed by atoms with Crippen molar-refractivity contribution in [3.8, 4) is 5.75 Å². The third-order valence-electron chi connectivity index (χ3n) is 4.92. The number of nitrogens with one attached hydrogen (secondary N) is 2. The van der Waals surface area contributed by atoms with Crippen molar-refractivity contribution >= 4 is 11.8 Å². The van der Waals surface area contributed by atoms with E-state index in [1.165, 1.54) is 28.8 Å². The molecule has 3 N–H and O–H groups in total. The average molecular weight is 461 g/mol. The van der Waals surface area contributed by atoms with Crippen molar-refractivity contribution < 1.29 is 19.1 Å². The Morgan fingerprint density at radius 2 is 1.67 bits per heavy atom. The number of aromatic nitrogens is 2. The molecule has 0 radical (unpaired) electrons. The zero-order valence-corrected chi connectivity index (χ0v) is 20.1. The lowest BCUT2D eigenvalue weighted by molar-refractivity contribution is -0.128. The van der Waals surface area contributed by atoms with Gasteiger partial charge < -0.3 is 15.7 Å². The smallest absolute Gasteiger partial charge is 0.296 e. The molecule has 0 unspecified atom stereocenters. The second-order valence-electron chi connectivity index (χ2n) is 10.0. The molecule has 0 aliphatic carbocycles. The second kappa shape index (κ2) is 10.1. The summed E-state index contributed by atoms with van der Waals surface area (Å²) < 4.78 is 14.4. The van der Waals surface area contributed by atoms with E-state index in [0.717, 1.165) is 0 Å². The van der Waals surface area contributed by atoms with Gasteiger partial charge in [-0.3, -0.25) is 19.0 Å². The lowest BCUT2D eigenvalue weighted by Crippen LogP contribution is -2.37. The van der Waals surface area contributed by atoms with E-state index in [1.807, 2.05) is 41.5 Å². The van der Waals surface area contributed by atoms with E-state index in [0.29, 0.717) is 24.4 Å². The first-order valence-corrected chi connectivity index (χ1v) is 10.9. The summed E-state index contributed by atoms with van der Waals surface area (Å²) in [5.41, 5.74) is -1.52. The molecule has 2 aromatic rings. The predicted octanol–water partition coefficient (Wildman–Crippen LogP) is 2.87. The molecule has 1 aromatic carbocycles. The van der Waals surface area contributed by atoms with Gasteiger partial charge in [-0.05, 0) is 24.1 Å². The molecule has 0 bridgehead atoms. The molecule has 1 aromatic heterocycles. The largest absolute Gasteiger partial charge is 0.501 e. The van der Waals surface area contributed by atoms with Crippen LogP contribution in [0.4, 0.5) is 4.39 Å². The number of nitrogens with zero attached hydrogens (tertiary/aromatic N) is 2. The highest BCUT2D eigenvalue weighted by Gasteiger charge is 2.27. The minimum Gasteiger partial charge on any atom is -0.501 e. The van der Waals surface area contributed by atoms with E-state index in [4.69, 9.17) is 0 Å². The number of rotatable bonds is 7. The number of halogens is 1. The Labute approximate surface area is 193 Å². The van der Waals surface area contributed by atoms with Crippen LogP contribution in [0.2, 0.25) is 0 Å². The molecule has 0 fully saturated rings. The molecular formula is C24H33FN4O4. The summed E-state index contributed by atoms with van der Waals surface area (Å²) in [5.74, 6) is -1.58. The third-order valence-corrected chi connectivity index (χ3v) is 4.92. The van der Waals surface area contributed by atoms with Crippen LogP contribution >= 0.6 is 0 Å². The fraction of sp³-hybridized carbons (Fsp3) is 0.500. The molecule has 2 amide bonds. The monoisotopic (exact) mass is 460 g/mol. The first kappa shape index (κ1) is 26.0. The number of aromatic hydroxyl groups is 1. The Kier molecular flexibility index (Phi) is 8.00. The average Bonchev–Trinajstić information content (AvgIpc) is 2.71. The van der Waals surface area contributed by atoms with Crippen molar-refractivity contribution in [3.05, 3.63) is 57.5 Å². The van der Waals surface area contributed by atoms with Crippen molar-refractivity contribution in [1.82, 2.24) is 20.2 Å². The molecule has 9 heteroatoms. The van der Waals surface area contributed by atoms with Crippen LogP contribution in [0.15, 0.2) is 29.1 Å². The summed E-state index contributed by atoms with van der Waals surface area (Å²) in [6.45, 7) is 11.6. The topological polar surface area (TPSA) is 113 Å². The first-order chi connectivity index (χ1) is 15.2. The highest BCUT2D eigenvalue weighted by molar-refractivity contribution is 5.94. The molecule has 2 rings (SSSR count). The Morgan fingerprint density at radius 1 is 1.06 bits per heavy atom. The number of hydrogen-bond acceptors (Lipinski definition) is 5. The highest BCUT2D eigenvalue weighted by Crippen LogP contribution is 2.22. The zero-order valence-electron chi connectivity index (χ0n) is 20.1. The van der Waals surface area contributed by atoms with E-state index in [9.17, 15) is 23.9 Å². The Balaban J connectivity index is 2.22. The van der Waals surface area contributed by atoms with Crippen molar-refractivity contribution in [2.24, 2.45) is 5.41 Å². The van der Waals surface area contributed by atoms with Crippen LogP contribution in [-0.4, -0.2) is 33.0 Å². The van der Waals surface area contributed by atoms with Gasteiger partial charge in [-0.25, -0.2) is 9.37 Å². The summed E-state index contributed by atoms with van der Waals surface area (Å²) >= 11 is 0. The van der Waals surface area contributed by atoms with Crippen LogP contribution in [0.25, 0.3) is 0 Å². The van der Waals surface area contributed by atoms with Gasteiger partial charge in [0.2, 0.25) is 11.7 Å². The highest BCUT2D eigenvalue weighted by atomic mass is 19.1. The van der Waals surface area contributed by atoms with Gasteiger partial charge in [0.25, 0.3) is 11.5 Å². The molecule has 1 heterocycles. The fourth-order valence-corrected chi connectivity index (χ4v) is 3.06. The maximum absolute atomic E-state index is 13.1. The Hall–Kier alpha value is -3.23. The van der Waals surface area contributed by atoms with Crippen LogP contribution in [0, 0.1) is 11.2 Å². The minimum atomic E-state index is -0.738. The maximum Gasteiger partial charge on any atom is 0.296 e. The molecule has 0 atom stereocenters. The normalized spacial score (nSPS) is 11.8. The number of amides is 2. The summed E-state index contributed by atoms with van der Waals surface area (Å²) in [5, 5.41) is 15.9. The molecule has 0 saturated heterocycles. The lowest BCUT2D eigenvalue weighted by Gasteiger charge is -2.24. The van der Waals surface area contributed by atoms with Crippen LogP contribution in [0.5, 0.6) is 5.75 Å². The standard InChI is InChI=1S/C24H33FN4O4/c1-23(2,3)21-28-17(19(31)27-14-15-8-10-16(25)11-9-15)18(30)20(32)29(21)13-7-12-26-22(33)24(4,5)6/h8-11,30H,7,12-14H2,1-6H3,(H,26,33)(H,27,31). The first-order valence-electron chi connectivity index (χ1n) is 10.9. The Morgan fingerprint density at radius 3 is 2.21 bits per heavy atom. The molecule has 0 aliphatic rings. The minimum absolute atomic E-state index is 0.0850. The molecule has 0 spiro atoms. The second-order valence-corrected chi connectivity index (χ2v) is 10.0. The summed E-state index contributed by atoms with van der Waals surface area (Å²) in [4.78, 5) is 42.0. The van der Waals surface area contributed by atoms with Crippen molar-refractivity contribution in [2.75, 3.05) is 6.54 Å². The van der Waals surface area contributed by atoms with Crippen LogP contribution in [0.1, 0.15) is 69.8 Å². The lowest BCUT2D eigenvalue weighted by atomic mass is 9.94. The van der Waals surface area contributed by atoms with Gasteiger partial charge >= 0.3 is 0 Å². The van der Waals surface area contributed by atoms with Gasteiger partial charge in [0.15, 0.2) is 5.69 Å². The van der Waals surface area contributed by atoms with Crippen molar-refractivity contribution in [2.45, 2.75) is 66.5 Å². The van der Waals surface area contributed by atoms with Gasteiger partial charge in [-0.2, -0.15) is 0 Å². The van der Waals surface area contributed by atoms with E-state index in [2.05, 4.69) is 15.6 Å². The van der Waals surface area contributed by atoms with Crippen LogP contribution < -0.4 is 16.2 Å². The summed E-state index contributed by atoms with van der Waals surface area (Å²) in [7, 11) is 0. The Bertz CT molecular complexity index is 1060. The quantitative estimate of drug-likeness (QED) is 0.550. The zero-order chi connectivity index (χ0) is 25.0. The predicted molar refractivity (Wildman–Crippen MR) is 124 cm³/mol. The SMILES string of the molecule is CC(C)(C)C(=O)NCCCn1c(C(C)(C)C)nc(C(=O)NCc2ccc(F)cc2)c(O)c1=O. The van der Waals surface area contributed by atoms with E-state index >= 15 is 0 Å². The van der Waals surface area contributed by atoms with Crippen LogP contribution in [0.3, 0.4) is 0 Å². The number of carbonyl (C=O) groups is 2. The maximum atomic E-state index is 13.1. The summed E-state index contributed by atoms with van der Waals surface area (Å²) in [6, 6.07) is 5.61.